The lowest BCUT2D eigenvalue weighted by atomic mass is 9.84. The molecule has 4 aromatic carbocycles. The average molecular weight is 579 g/mol. The number of ether oxygens (including phenoxy) is 6. The second kappa shape index (κ2) is 11.9. The van der Waals surface area contributed by atoms with Crippen LogP contribution >= 0.6 is 0 Å². The lowest BCUT2D eigenvalue weighted by Crippen LogP contribution is -2.22. The molecule has 0 aliphatic carbocycles. The number of Topliss-reactive ketones (excluding diaryl/α,β-unsaturated/α-hetero) is 1. The number of rotatable bonds is 9. The summed E-state index contributed by atoms with van der Waals surface area (Å²) >= 11 is 0. The van der Waals surface area contributed by atoms with E-state index in [-0.39, 0.29) is 23.9 Å². The minimum atomic E-state index is -0.443. The summed E-state index contributed by atoms with van der Waals surface area (Å²) in [5.74, 6) is 1.84. The Hall–Kier alpha value is -5.24. The highest BCUT2D eigenvalue weighted by Gasteiger charge is 2.39. The molecule has 0 N–H and O–H groups in total. The van der Waals surface area contributed by atoms with Gasteiger partial charge in [-0.05, 0) is 35.9 Å². The van der Waals surface area contributed by atoms with E-state index in [0.29, 0.717) is 57.8 Å². The highest BCUT2D eigenvalue weighted by molar-refractivity contribution is 6.15. The predicted molar refractivity (Wildman–Crippen MR) is 160 cm³/mol. The number of para-hydroxylation sites is 1. The van der Waals surface area contributed by atoms with Crippen molar-refractivity contribution in [2.45, 2.75) is 18.8 Å². The van der Waals surface area contributed by atoms with E-state index in [1.165, 1.54) is 26.9 Å². The molecule has 1 unspecified atom stereocenters. The van der Waals surface area contributed by atoms with Crippen molar-refractivity contribution in [3.63, 3.8) is 0 Å². The molecule has 8 heteroatoms. The Morgan fingerprint density at radius 1 is 0.791 bits per heavy atom. The van der Waals surface area contributed by atoms with Gasteiger partial charge >= 0.3 is 5.97 Å². The van der Waals surface area contributed by atoms with Crippen molar-refractivity contribution in [2.24, 2.45) is 0 Å². The monoisotopic (exact) mass is 578 g/mol. The summed E-state index contributed by atoms with van der Waals surface area (Å²) in [6, 6.07) is 24.4. The number of carbonyl (C=O) groups is 2. The number of allylic oxidation sites excluding steroid dienone is 1. The Kier molecular flexibility index (Phi) is 7.75. The van der Waals surface area contributed by atoms with Crippen LogP contribution in [0.25, 0.3) is 6.08 Å². The minimum Gasteiger partial charge on any atom is -0.496 e. The lowest BCUT2D eigenvalue weighted by Gasteiger charge is -2.27. The topological polar surface area (TPSA) is 89.5 Å². The van der Waals surface area contributed by atoms with Gasteiger partial charge in [0.2, 0.25) is 5.78 Å². The predicted octanol–water partition coefficient (Wildman–Crippen LogP) is 6.39. The van der Waals surface area contributed by atoms with Crippen LogP contribution in [-0.4, -0.2) is 39.7 Å². The first-order valence-electron chi connectivity index (χ1n) is 13.9. The van der Waals surface area contributed by atoms with Gasteiger partial charge in [0.1, 0.15) is 23.0 Å². The number of esters is 1. The van der Waals surface area contributed by atoms with E-state index in [2.05, 4.69) is 12.1 Å². The zero-order valence-corrected chi connectivity index (χ0v) is 24.0. The maximum Gasteiger partial charge on any atom is 0.312 e. The number of hydrogen-bond acceptors (Lipinski definition) is 8. The molecular weight excluding hydrogens is 548 g/mol. The smallest absolute Gasteiger partial charge is 0.312 e. The van der Waals surface area contributed by atoms with Gasteiger partial charge in [-0.15, -0.1) is 0 Å². The van der Waals surface area contributed by atoms with Gasteiger partial charge < -0.3 is 28.4 Å². The minimum absolute atomic E-state index is 0.0720. The molecule has 0 spiro atoms. The van der Waals surface area contributed by atoms with Crippen molar-refractivity contribution < 1.29 is 38.0 Å². The normalized spacial score (nSPS) is 16.2. The van der Waals surface area contributed by atoms with Gasteiger partial charge in [-0.2, -0.15) is 0 Å². The SMILES string of the molecule is COc1cc(OC)c(OC)cc1C=C1Oc2c(ccc3c2C(c2ccccc2OCCc2ccccc2)CC(=O)O3)C1=O. The lowest BCUT2D eigenvalue weighted by molar-refractivity contribution is -0.135. The molecule has 1 atom stereocenters. The number of benzene rings is 4. The third-order valence-corrected chi connectivity index (χ3v) is 7.59. The zero-order chi connectivity index (χ0) is 29.9. The highest BCUT2D eigenvalue weighted by atomic mass is 16.5. The summed E-state index contributed by atoms with van der Waals surface area (Å²) in [4.78, 5) is 26.3. The molecule has 0 bridgehead atoms. The maximum absolute atomic E-state index is 13.6. The van der Waals surface area contributed by atoms with Gasteiger partial charge in [-0.25, -0.2) is 0 Å². The van der Waals surface area contributed by atoms with Gasteiger partial charge in [0.15, 0.2) is 17.3 Å². The van der Waals surface area contributed by atoms with E-state index in [4.69, 9.17) is 28.4 Å². The van der Waals surface area contributed by atoms with Crippen LogP contribution in [0.2, 0.25) is 0 Å². The fraction of sp³-hybridized carbons (Fsp3) is 0.200. The molecule has 6 rings (SSSR count). The summed E-state index contributed by atoms with van der Waals surface area (Å²) in [5.41, 5.74) is 3.58. The van der Waals surface area contributed by atoms with Gasteiger partial charge in [0.05, 0.1) is 39.9 Å². The first-order chi connectivity index (χ1) is 21.0. The summed E-state index contributed by atoms with van der Waals surface area (Å²) in [6.07, 6.45) is 2.42. The summed E-state index contributed by atoms with van der Waals surface area (Å²) < 4.78 is 34.5. The first-order valence-corrected chi connectivity index (χ1v) is 13.9. The second-order valence-corrected chi connectivity index (χ2v) is 10.1. The number of ketones is 1. The molecule has 218 valence electrons. The summed E-state index contributed by atoms with van der Waals surface area (Å²) in [6.45, 7) is 0.465. The Bertz CT molecular complexity index is 1720. The van der Waals surface area contributed by atoms with Gasteiger partial charge in [-0.3, -0.25) is 9.59 Å². The van der Waals surface area contributed by atoms with Crippen molar-refractivity contribution in [1.82, 2.24) is 0 Å². The number of methoxy groups -OCH3 is 3. The van der Waals surface area contributed by atoms with Crippen molar-refractivity contribution in [3.8, 4) is 34.5 Å². The van der Waals surface area contributed by atoms with Crippen molar-refractivity contribution >= 4 is 17.8 Å². The third-order valence-electron chi connectivity index (χ3n) is 7.59. The Morgan fingerprint density at radius 2 is 1.51 bits per heavy atom. The van der Waals surface area contributed by atoms with Crippen LogP contribution < -0.4 is 28.4 Å². The molecule has 8 nitrogen and oxygen atoms in total. The van der Waals surface area contributed by atoms with Crippen LogP contribution in [0.4, 0.5) is 0 Å². The molecule has 0 amide bonds. The van der Waals surface area contributed by atoms with E-state index in [9.17, 15) is 9.59 Å². The molecule has 4 aromatic rings. The van der Waals surface area contributed by atoms with Crippen LogP contribution in [0.1, 0.15) is 45.0 Å². The van der Waals surface area contributed by atoms with E-state index >= 15 is 0 Å². The molecule has 0 aromatic heterocycles. The Balaban J connectivity index is 1.36. The molecule has 0 radical (unpaired) electrons. The third kappa shape index (κ3) is 5.39. The van der Waals surface area contributed by atoms with E-state index < -0.39 is 5.92 Å². The van der Waals surface area contributed by atoms with Crippen molar-refractivity contribution in [3.05, 3.63) is 112 Å². The Morgan fingerprint density at radius 3 is 2.28 bits per heavy atom. The average Bonchev–Trinajstić information content (AvgIpc) is 3.35. The van der Waals surface area contributed by atoms with E-state index in [1.807, 2.05) is 42.5 Å². The molecule has 0 saturated carbocycles. The number of fused-ring (bicyclic) bond motifs is 3. The molecule has 2 aliphatic rings. The second-order valence-electron chi connectivity index (χ2n) is 10.1. The molecular formula is C35H30O8. The number of carbonyl (C=O) groups excluding carboxylic acids is 2. The largest absolute Gasteiger partial charge is 0.496 e. The van der Waals surface area contributed by atoms with Gasteiger partial charge in [0, 0.05) is 35.1 Å². The van der Waals surface area contributed by atoms with Crippen molar-refractivity contribution in [1.29, 1.82) is 0 Å². The quantitative estimate of drug-likeness (QED) is 0.128. The fourth-order valence-corrected chi connectivity index (χ4v) is 5.50. The first kappa shape index (κ1) is 27.9. The van der Waals surface area contributed by atoms with Gasteiger partial charge in [0.25, 0.3) is 0 Å². The molecule has 2 heterocycles. The highest BCUT2D eigenvalue weighted by Crippen LogP contribution is 2.50. The molecule has 2 aliphatic heterocycles. The molecule has 43 heavy (non-hydrogen) atoms. The Labute approximate surface area is 249 Å². The van der Waals surface area contributed by atoms with E-state index in [1.54, 1.807) is 30.3 Å². The zero-order valence-electron chi connectivity index (χ0n) is 24.0. The number of hydrogen-bond donors (Lipinski definition) is 0. The van der Waals surface area contributed by atoms with Gasteiger partial charge in [-0.1, -0.05) is 48.5 Å². The van der Waals surface area contributed by atoms with Crippen LogP contribution in [-0.2, 0) is 11.2 Å². The summed E-state index contributed by atoms with van der Waals surface area (Å²) in [5, 5.41) is 0. The van der Waals surface area contributed by atoms with Crippen LogP contribution in [0, 0.1) is 0 Å². The van der Waals surface area contributed by atoms with Crippen LogP contribution in [0.5, 0.6) is 34.5 Å². The summed E-state index contributed by atoms with van der Waals surface area (Å²) in [7, 11) is 4.60. The standard InChI is InChI=1S/C35H30O8/c1-38-28-20-30(40-3)29(39-2)17-22(28)18-31-34(37)24-13-14-27-33(35(24)43-31)25(19-32(36)42-27)23-11-7-8-12-26(23)41-16-15-21-9-5-4-6-10-21/h4-14,17-18,20,25H,15-16,19H2,1-3H3. The van der Waals surface area contributed by atoms with E-state index in [0.717, 1.165) is 12.0 Å². The fourth-order valence-electron chi connectivity index (χ4n) is 5.50. The molecule has 0 saturated heterocycles. The van der Waals surface area contributed by atoms with Crippen LogP contribution in [0.3, 0.4) is 0 Å². The van der Waals surface area contributed by atoms with Crippen LogP contribution in [0.15, 0.2) is 84.6 Å². The maximum atomic E-state index is 13.6. The molecule has 0 fully saturated rings. The van der Waals surface area contributed by atoms with Crippen molar-refractivity contribution in [2.75, 3.05) is 27.9 Å².